The standard InChI is InChI=1S/C17H16N4O3/c1-23-14-6-4-13(5-7-14)21-17-19-9-12(10-20-17)16(22)18-11-15-3-2-8-24-15/h2-10H,11H2,1H3,(H,18,22)(H,19,20,21). The van der Waals surface area contributed by atoms with Crippen LogP contribution in [0.5, 0.6) is 5.75 Å². The van der Waals surface area contributed by atoms with Crippen molar-refractivity contribution in [1.82, 2.24) is 15.3 Å². The molecule has 1 amide bonds. The third-order valence-electron chi connectivity index (χ3n) is 3.26. The Balaban J connectivity index is 1.58. The van der Waals surface area contributed by atoms with Crippen LogP contribution in [-0.2, 0) is 6.54 Å². The van der Waals surface area contributed by atoms with E-state index in [2.05, 4.69) is 20.6 Å². The molecular weight excluding hydrogens is 308 g/mol. The number of ether oxygens (including phenoxy) is 1. The minimum Gasteiger partial charge on any atom is -0.497 e. The van der Waals surface area contributed by atoms with Crippen molar-refractivity contribution in [3.63, 3.8) is 0 Å². The highest BCUT2D eigenvalue weighted by Gasteiger charge is 2.08. The van der Waals surface area contributed by atoms with Gasteiger partial charge in [-0.1, -0.05) is 0 Å². The molecule has 2 aromatic heterocycles. The van der Waals surface area contributed by atoms with Gasteiger partial charge in [-0.05, 0) is 36.4 Å². The molecule has 3 rings (SSSR count). The fourth-order valence-corrected chi connectivity index (χ4v) is 2.00. The minimum atomic E-state index is -0.262. The van der Waals surface area contributed by atoms with Crippen LogP contribution in [0.3, 0.4) is 0 Å². The summed E-state index contributed by atoms with van der Waals surface area (Å²) in [6, 6.07) is 10.9. The van der Waals surface area contributed by atoms with E-state index in [1.165, 1.54) is 12.4 Å². The van der Waals surface area contributed by atoms with Crippen molar-refractivity contribution in [2.75, 3.05) is 12.4 Å². The van der Waals surface area contributed by atoms with Crippen LogP contribution in [0.2, 0.25) is 0 Å². The maximum Gasteiger partial charge on any atom is 0.254 e. The monoisotopic (exact) mass is 324 g/mol. The number of carbonyl (C=O) groups excluding carboxylic acids is 1. The number of nitrogens with zero attached hydrogens (tertiary/aromatic N) is 2. The summed E-state index contributed by atoms with van der Waals surface area (Å²) in [7, 11) is 1.61. The van der Waals surface area contributed by atoms with Crippen molar-refractivity contribution >= 4 is 17.5 Å². The molecule has 7 nitrogen and oxygen atoms in total. The summed E-state index contributed by atoms with van der Waals surface area (Å²) in [5, 5.41) is 5.79. The highest BCUT2D eigenvalue weighted by Crippen LogP contribution is 2.17. The van der Waals surface area contributed by atoms with Crippen LogP contribution in [0.25, 0.3) is 0 Å². The SMILES string of the molecule is COc1ccc(Nc2ncc(C(=O)NCc3ccco3)cn2)cc1. The number of methoxy groups -OCH3 is 1. The van der Waals surface area contributed by atoms with E-state index in [4.69, 9.17) is 9.15 Å². The summed E-state index contributed by atoms with van der Waals surface area (Å²) in [4.78, 5) is 20.3. The molecule has 0 unspecified atom stereocenters. The van der Waals surface area contributed by atoms with Gasteiger partial charge in [0.05, 0.1) is 25.5 Å². The van der Waals surface area contributed by atoms with E-state index in [1.807, 2.05) is 24.3 Å². The Bertz CT molecular complexity index is 784. The Morgan fingerprint density at radius 3 is 2.54 bits per heavy atom. The largest absolute Gasteiger partial charge is 0.497 e. The number of benzene rings is 1. The van der Waals surface area contributed by atoms with E-state index in [9.17, 15) is 4.79 Å². The highest BCUT2D eigenvalue weighted by molar-refractivity contribution is 5.93. The number of rotatable bonds is 6. The molecule has 0 aliphatic heterocycles. The third kappa shape index (κ3) is 3.89. The zero-order valence-corrected chi connectivity index (χ0v) is 13.0. The number of aromatic nitrogens is 2. The second-order valence-electron chi connectivity index (χ2n) is 4.91. The number of amides is 1. The van der Waals surface area contributed by atoms with Crippen molar-refractivity contribution in [3.8, 4) is 5.75 Å². The zero-order chi connectivity index (χ0) is 16.8. The Morgan fingerprint density at radius 2 is 1.92 bits per heavy atom. The van der Waals surface area contributed by atoms with Gasteiger partial charge in [-0.2, -0.15) is 0 Å². The van der Waals surface area contributed by atoms with Crippen LogP contribution in [0, 0.1) is 0 Å². The zero-order valence-electron chi connectivity index (χ0n) is 13.0. The van der Waals surface area contributed by atoms with E-state index in [0.29, 0.717) is 23.8 Å². The molecular formula is C17H16N4O3. The van der Waals surface area contributed by atoms with Crippen molar-refractivity contribution in [1.29, 1.82) is 0 Å². The van der Waals surface area contributed by atoms with Gasteiger partial charge in [0.25, 0.3) is 5.91 Å². The van der Waals surface area contributed by atoms with E-state index < -0.39 is 0 Å². The topological polar surface area (TPSA) is 89.3 Å². The molecule has 0 saturated carbocycles. The quantitative estimate of drug-likeness (QED) is 0.725. The lowest BCUT2D eigenvalue weighted by Crippen LogP contribution is -2.22. The lowest BCUT2D eigenvalue weighted by molar-refractivity contribution is 0.0947. The van der Waals surface area contributed by atoms with Crippen LogP contribution in [0.1, 0.15) is 16.1 Å². The maximum absolute atomic E-state index is 12.0. The van der Waals surface area contributed by atoms with E-state index >= 15 is 0 Å². The normalized spacial score (nSPS) is 10.2. The molecule has 7 heteroatoms. The molecule has 0 radical (unpaired) electrons. The smallest absolute Gasteiger partial charge is 0.254 e. The van der Waals surface area contributed by atoms with Crippen molar-refractivity contribution < 1.29 is 13.9 Å². The molecule has 122 valence electrons. The number of anilines is 2. The van der Waals surface area contributed by atoms with Gasteiger partial charge >= 0.3 is 0 Å². The van der Waals surface area contributed by atoms with Gasteiger partial charge in [0.1, 0.15) is 11.5 Å². The first-order valence-electron chi connectivity index (χ1n) is 7.28. The molecule has 0 bridgehead atoms. The minimum absolute atomic E-state index is 0.262. The van der Waals surface area contributed by atoms with E-state index in [0.717, 1.165) is 11.4 Å². The van der Waals surface area contributed by atoms with Crippen molar-refractivity contribution in [2.24, 2.45) is 0 Å². The van der Waals surface area contributed by atoms with Crippen LogP contribution >= 0.6 is 0 Å². The Morgan fingerprint density at radius 1 is 1.17 bits per heavy atom. The fourth-order valence-electron chi connectivity index (χ4n) is 2.00. The lowest BCUT2D eigenvalue weighted by atomic mass is 10.3. The average molecular weight is 324 g/mol. The first-order valence-corrected chi connectivity index (χ1v) is 7.28. The molecule has 3 aromatic rings. The van der Waals surface area contributed by atoms with Gasteiger partial charge in [0.2, 0.25) is 5.95 Å². The maximum atomic E-state index is 12.0. The molecule has 0 atom stereocenters. The molecule has 24 heavy (non-hydrogen) atoms. The van der Waals surface area contributed by atoms with Gasteiger partial charge in [-0.25, -0.2) is 9.97 Å². The molecule has 0 spiro atoms. The van der Waals surface area contributed by atoms with Crippen LogP contribution in [0.4, 0.5) is 11.6 Å². The molecule has 0 aliphatic carbocycles. The predicted molar refractivity (Wildman–Crippen MR) is 88.2 cm³/mol. The van der Waals surface area contributed by atoms with Gasteiger partial charge in [-0.15, -0.1) is 0 Å². The van der Waals surface area contributed by atoms with Crippen LogP contribution < -0.4 is 15.4 Å². The number of nitrogens with one attached hydrogen (secondary N) is 2. The molecule has 0 fully saturated rings. The second-order valence-corrected chi connectivity index (χ2v) is 4.91. The van der Waals surface area contributed by atoms with Crippen molar-refractivity contribution in [2.45, 2.75) is 6.54 Å². The predicted octanol–water partition coefficient (Wildman–Crippen LogP) is 2.75. The summed E-state index contributed by atoms with van der Waals surface area (Å²) < 4.78 is 10.3. The average Bonchev–Trinajstić information content (AvgIpc) is 3.14. The molecule has 1 aromatic carbocycles. The number of hydrogen-bond donors (Lipinski definition) is 2. The summed E-state index contributed by atoms with van der Waals surface area (Å²) >= 11 is 0. The van der Waals surface area contributed by atoms with Gasteiger partial charge < -0.3 is 19.8 Å². The molecule has 0 aliphatic rings. The van der Waals surface area contributed by atoms with E-state index in [1.54, 1.807) is 25.5 Å². The third-order valence-corrected chi connectivity index (χ3v) is 3.26. The van der Waals surface area contributed by atoms with Crippen molar-refractivity contribution in [3.05, 3.63) is 66.4 Å². The first kappa shape index (κ1) is 15.5. The summed E-state index contributed by atoms with van der Waals surface area (Å²) in [6.45, 7) is 0.317. The summed E-state index contributed by atoms with van der Waals surface area (Å²) in [5.74, 6) is 1.59. The molecule has 0 saturated heterocycles. The van der Waals surface area contributed by atoms with Crippen LogP contribution in [0.15, 0.2) is 59.5 Å². The van der Waals surface area contributed by atoms with Crippen LogP contribution in [-0.4, -0.2) is 23.0 Å². The number of hydrogen-bond acceptors (Lipinski definition) is 6. The number of furan rings is 1. The lowest BCUT2D eigenvalue weighted by Gasteiger charge is -2.07. The molecule has 2 N–H and O–H groups in total. The van der Waals surface area contributed by atoms with Gasteiger partial charge in [0.15, 0.2) is 0 Å². The fraction of sp³-hybridized carbons (Fsp3) is 0.118. The highest BCUT2D eigenvalue weighted by atomic mass is 16.5. The Hall–Kier alpha value is -3.35. The first-order chi connectivity index (χ1) is 11.7. The summed E-state index contributed by atoms with van der Waals surface area (Å²) in [6.07, 6.45) is 4.50. The van der Waals surface area contributed by atoms with Gasteiger partial charge in [0, 0.05) is 18.1 Å². The Labute approximate surface area is 138 Å². The molecule has 2 heterocycles. The van der Waals surface area contributed by atoms with E-state index in [-0.39, 0.29) is 5.91 Å². The number of carbonyl (C=O) groups is 1. The summed E-state index contributed by atoms with van der Waals surface area (Å²) in [5.41, 5.74) is 1.20. The Kier molecular flexibility index (Phi) is 4.71. The van der Waals surface area contributed by atoms with Gasteiger partial charge in [-0.3, -0.25) is 4.79 Å². The second kappa shape index (κ2) is 7.28.